The van der Waals surface area contributed by atoms with E-state index in [-0.39, 0.29) is 22.8 Å². The van der Waals surface area contributed by atoms with Crippen molar-refractivity contribution in [2.24, 2.45) is 7.05 Å². The predicted octanol–water partition coefficient (Wildman–Crippen LogP) is 2.13. The Bertz CT molecular complexity index is 675. The lowest BCUT2D eigenvalue weighted by Crippen LogP contribution is -1.99. The number of benzene rings is 1. The van der Waals surface area contributed by atoms with Gasteiger partial charge in [0.1, 0.15) is 11.4 Å². The Labute approximate surface area is 113 Å². The Morgan fingerprint density at radius 3 is 2.50 bits per heavy atom. The topological polar surface area (TPSA) is 107 Å². The fraction of sp³-hybridized carbons (Fsp3) is 0.167. The molecule has 0 aliphatic carbocycles. The molecule has 0 fully saturated rings. The molecule has 0 aliphatic heterocycles. The molecule has 1 N–H and O–H groups in total. The zero-order valence-electron chi connectivity index (χ0n) is 10.7. The summed E-state index contributed by atoms with van der Waals surface area (Å²) in [5.41, 5.74) is 0.137. The molecule has 2 aromatic rings. The highest BCUT2D eigenvalue weighted by atomic mass is 16.6. The number of aryl methyl sites for hydroxylation is 2. The minimum atomic E-state index is -1.06. The lowest BCUT2D eigenvalue weighted by Gasteiger charge is -2.05. The van der Waals surface area contributed by atoms with E-state index in [0.717, 1.165) is 0 Å². The van der Waals surface area contributed by atoms with Crippen molar-refractivity contribution < 1.29 is 19.6 Å². The number of nitro groups is 1. The van der Waals surface area contributed by atoms with Crippen LogP contribution in [0.5, 0.6) is 11.6 Å². The van der Waals surface area contributed by atoms with Crippen LogP contribution in [0.15, 0.2) is 24.3 Å². The smallest absolute Gasteiger partial charge is 0.353 e. The fourth-order valence-electron chi connectivity index (χ4n) is 1.73. The molecule has 0 unspecified atom stereocenters. The van der Waals surface area contributed by atoms with E-state index in [0.29, 0.717) is 5.75 Å². The average Bonchev–Trinajstić information content (AvgIpc) is 2.64. The first kappa shape index (κ1) is 13.5. The fourth-order valence-corrected chi connectivity index (χ4v) is 1.73. The highest BCUT2D eigenvalue weighted by Crippen LogP contribution is 2.33. The van der Waals surface area contributed by atoms with Gasteiger partial charge in [0.2, 0.25) is 0 Å². The van der Waals surface area contributed by atoms with E-state index in [1.54, 1.807) is 0 Å². The van der Waals surface area contributed by atoms with Gasteiger partial charge < -0.3 is 9.84 Å². The molecule has 20 heavy (non-hydrogen) atoms. The standard InChI is InChI=1S/C12H11N3O5/c1-7-10(15(18)19)11(14(2)13-7)20-9-5-3-8(4-6-9)12(16)17/h3-6H,1-2H3,(H,16,17). The third-order valence-corrected chi connectivity index (χ3v) is 2.64. The van der Waals surface area contributed by atoms with Crippen molar-refractivity contribution in [3.05, 3.63) is 45.6 Å². The van der Waals surface area contributed by atoms with Crippen LogP contribution in [-0.4, -0.2) is 25.8 Å². The van der Waals surface area contributed by atoms with Crippen molar-refractivity contribution >= 4 is 11.7 Å². The van der Waals surface area contributed by atoms with E-state index in [4.69, 9.17) is 9.84 Å². The molecule has 1 aromatic carbocycles. The molecule has 0 aliphatic rings. The van der Waals surface area contributed by atoms with Crippen LogP contribution in [0, 0.1) is 17.0 Å². The van der Waals surface area contributed by atoms with Crippen molar-refractivity contribution in [1.29, 1.82) is 0 Å². The lowest BCUT2D eigenvalue weighted by molar-refractivity contribution is -0.386. The summed E-state index contributed by atoms with van der Waals surface area (Å²) in [6.07, 6.45) is 0. The Morgan fingerprint density at radius 1 is 1.40 bits per heavy atom. The van der Waals surface area contributed by atoms with E-state index >= 15 is 0 Å². The molecule has 2 rings (SSSR count). The molecule has 0 radical (unpaired) electrons. The van der Waals surface area contributed by atoms with Gasteiger partial charge in [-0.05, 0) is 31.2 Å². The van der Waals surface area contributed by atoms with Gasteiger partial charge in [-0.25, -0.2) is 9.48 Å². The second-order valence-electron chi connectivity index (χ2n) is 4.05. The molecule has 1 heterocycles. The van der Waals surface area contributed by atoms with Crippen LogP contribution in [0.4, 0.5) is 5.69 Å². The number of hydrogen-bond acceptors (Lipinski definition) is 5. The maximum atomic E-state index is 11.0. The Kier molecular flexibility index (Phi) is 3.38. The number of carboxylic acids is 1. The van der Waals surface area contributed by atoms with Crippen molar-refractivity contribution in [1.82, 2.24) is 9.78 Å². The summed E-state index contributed by atoms with van der Waals surface area (Å²) < 4.78 is 6.69. The largest absolute Gasteiger partial charge is 0.478 e. The molecule has 8 heteroatoms. The molecule has 0 saturated carbocycles. The first-order valence-corrected chi connectivity index (χ1v) is 5.59. The van der Waals surface area contributed by atoms with Crippen molar-refractivity contribution in [2.45, 2.75) is 6.92 Å². The first-order chi connectivity index (χ1) is 9.40. The molecule has 104 valence electrons. The van der Waals surface area contributed by atoms with Crippen molar-refractivity contribution in [3.8, 4) is 11.6 Å². The number of aromatic nitrogens is 2. The quantitative estimate of drug-likeness (QED) is 0.677. The predicted molar refractivity (Wildman–Crippen MR) is 68.1 cm³/mol. The monoisotopic (exact) mass is 277 g/mol. The molecule has 0 saturated heterocycles. The maximum absolute atomic E-state index is 11.0. The molecule has 0 atom stereocenters. The van der Waals surface area contributed by atoms with Crippen LogP contribution in [0.25, 0.3) is 0 Å². The van der Waals surface area contributed by atoms with Gasteiger partial charge in [0, 0.05) is 7.05 Å². The van der Waals surface area contributed by atoms with Gasteiger partial charge >= 0.3 is 11.7 Å². The highest BCUT2D eigenvalue weighted by Gasteiger charge is 2.26. The van der Waals surface area contributed by atoms with Gasteiger partial charge in [-0.1, -0.05) is 0 Å². The van der Waals surface area contributed by atoms with E-state index in [9.17, 15) is 14.9 Å². The summed E-state index contributed by atoms with van der Waals surface area (Å²) in [6, 6.07) is 5.56. The van der Waals surface area contributed by atoms with Gasteiger partial charge in [0.15, 0.2) is 0 Å². The third kappa shape index (κ3) is 2.44. The van der Waals surface area contributed by atoms with E-state index < -0.39 is 10.9 Å². The normalized spacial score (nSPS) is 10.3. The number of carboxylic acid groups (broad SMARTS) is 1. The van der Waals surface area contributed by atoms with Crippen LogP contribution in [0.2, 0.25) is 0 Å². The molecular weight excluding hydrogens is 266 g/mol. The lowest BCUT2D eigenvalue weighted by atomic mass is 10.2. The number of carbonyl (C=O) groups is 1. The van der Waals surface area contributed by atoms with Gasteiger partial charge in [0.05, 0.1) is 10.5 Å². The molecule has 0 amide bonds. The van der Waals surface area contributed by atoms with Crippen molar-refractivity contribution in [2.75, 3.05) is 0 Å². The number of rotatable bonds is 4. The average molecular weight is 277 g/mol. The minimum absolute atomic E-state index is 0.00410. The Balaban J connectivity index is 2.35. The second-order valence-corrected chi connectivity index (χ2v) is 4.05. The zero-order chi connectivity index (χ0) is 14.9. The SMILES string of the molecule is Cc1nn(C)c(Oc2ccc(C(=O)O)cc2)c1[N+](=O)[O-]. The van der Waals surface area contributed by atoms with Crippen LogP contribution in [0.1, 0.15) is 16.1 Å². The summed E-state index contributed by atoms with van der Waals surface area (Å²) in [6.45, 7) is 1.51. The Morgan fingerprint density at radius 2 is 2.00 bits per heavy atom. The van der Waals surface area contributed by atoms with Gasteiger partial charge in [-0.3, -0.25) is 10.1 Å². The summed E-state index contributed by atoms with van der Waals surface area (Å²) in [5, 5.41) is 23.7. The highest BCUT2D eigenvalue weighted by molar-refractivity contribution is 5.87. The van der Waals surface area contributed by atoms with Crippen LogP contribution in [0.3, 0.4) is 0 Å². The third-order valence-electron chi connectivity index (χ3n) is 2.64. The number of aromatic carboxylic acids is 1. The number of nitrogens with zero attached hydrogens (tertiary/aromatic N) is 3. The van der Waals surface area contributed by atoms with Gasteiger partial charge in [-0.2, -0.15) is 5.10 Å². The van der Waals surface area contributed by atoms with E-state index in [1.165, 1.54) is 42.9 Å². The first-order valence-electron chi connectivity index (χ1n) is 5.59. The van der Waals surface area contributed by atoms with E-state index in [1.807, 2.05) is 0 Å². The maximum Gasteiger partial charge on any atom is 0.353 e. The van der Waals surface area contributed by atoms with Gasteiger partial charge in [0.25, 0.3) is 5.88 Å². The molecular formula is C12H11N3O5. The second kappa shape index (κ2) is 5.00. The molecule has 1 aromatic heterocycles. The minimum Gasteiger partial charge on any atom is -0.478 e. The van der Waals surface area contributed by atoms with Crippen LogP contribution >= 0.6 is 0 Å². The summed E-state index contributed by atoms with van der Waals surface area (Å²) in [4.78, 5) is 21.1. The van der Waals surface area contributed by atoms with Crippen LogP contribution in [-0.2, 0) is 7.05 Å². The molecule has 0 spiro atoms. The summed E-state index contributed by atoms with van der Waals surface area (Å²) in [7, 11) is 1.53. The van der Waals surface area contributed by atoms with Crippen LogP contribution < -0.4 is 4.74 Å². The summed E-state index contributed by atoms with van der Waals surface area (Å²) >= 11 is 0. The van der Waals surface area contributed by atoms with Gasteiger partial charge in [-0.15, -0.1) is 0 Å². The summed E-state index contributed by atoms with van der Waals surface area (Å²) in [5.74, 6) is -0.768. The molecule has 0 bridgehead atoms. The van der Waals surface area contributed by atoms with Crippen molar-refractivity contribution in [3.63, 3.8) is 0 Å². The molecule has 8 nitrogen and oxygen atoms in total. The van der Waals surface area contributed by atoms with E-state index in [2.05, 4.69) is 5.10 Å². The Hall–Kier alpha value is -2.90. The number of hydrogen-bond donors (Lipinski definition) is 1. The number of ether oxygens (including phenoxy) is 1. The zero-order valence-corrected chi connectivity index (χ0v) is 10.7.